The van der Waals surface area contributed by atoms with Gasteiger partial charge in [-0.3, -0.25) is 9.59 Å². The summed E-state index contributed by atoms with van der Waals surface area (Å²) in [4.78, 5) is 48.4. The SMILES string of the molecule is C=Cc1c2[n-]c(c1C)/C=C1\[N-]/C(=C3\c4[n-]c(c(C)c4C(=O)[C@@H]3C3O[O+]3C)/C=c3\[n-]/c(c(C)c3CC)=C\2)[C@@H](CCC(=O)OCC=C(C)C)[C@@H]1C.[Mg+2]. The van der Waals surface area contributed by atoms with Gasteiger partial charge in [-0.1, -0.05) is 78.1 Å². The van der Waals surface area contributed by atoms with Crippen molar-refractivity contribution in [1.82, 2.24) is 15.0 Å². The zero-order chi connectivity index (χ0) is 34.9. The maximum absolute atomic E-state index is 14.4. The molecule has 3 aromatic heterocycles. The van der Waals surface area contributed by atoms with E-state index in [1.54, 1.807) is 7.11 Å². The van der Waals surface area contributed by atoms with E-state index in [4.69, 9.17) is 29.9 Å². The first-order chi connectivity index (χ1) is 23.4. The molecule has 9 nitrogen and oxygen atoms in total. The minimum atomic E-state index is -0.610. The molecular weight excluding hydrogens is 641 g/mol. The van der Waals surface area contributed by atoms with Gasteiger partial charge in [-0.25, -0.2) is 4.52 Å². The van der Waals surface area contributed by atoms with Gasteiger partial charge in [0.2, 0.25) is 0 Å². The van der Waals surface area contributed by atoms with Crippen molar-refractivity contribution in [3.8, 4) is 0 Å². The molecule has 10 heteroatoms. The monoisotopic (exact) mass is 683 g/mol. The summed E-state index contributed by atoms with van der Waals surface area (Å²) < 4.78 is 8.12. The topological polar surface area (TPSA) is 115 Å². The van der Waals surface area contributed by atoms with E-state index in [-0.39, 0.29) is 59.7 Å². The predicted octanol–water partition coefficient (Wildman–Crippen LogP) is 5.23. The normalized spacial score (nSPS) is 25.8. The molecule has 0 radical (unpaired) electrons. The van der Waals surface area contributed by atoms with Gasteiger partial charge in [-0.2, -0.15) is 11.4 Å². The average molecular weight is 684 g/mol. The number of Topliss-reactive ketones (excluding diaryl/α,β-unsaturated/α-hetero) is 1. The van der Waals surface area contributed by atoms with E-state index in [1.165, 1.54) is 0 Å². The number of nitrogens with zero attached hydrogens (tertiary/aromatic N) is 4. The Labute approximate surface area is 309 Å². The molecule has 4 atom stereocenters. The summed E-state index contributed by atoms with van der Waals surface area (Å²) in [5.41, 5.74) is 12.1. The van der Waals surface area contributed by atoms with Gasteiger partial charge in [0, 0.05) is 12.0 Å². The van der Waals surface area contributed by atoms with Crippen molar-refractivity contribution in [3.05, 3.63) is 102 Å². The Bertz CT molecular complexity index is 2140. The molecule has 0 amide bonds. The first-order valence-electron chi connectivity index (χ1n) is 17.1. The maximum atomic E-state index is 14.4. The zero-order valence-corrected chi connectivity index (χ0v) is 31.7. The minimum absolute atomic E-state index is 0. The molecule has 0 spiro atoms. The number of hydrogen-bond donors (Lipinski definition) is 0. The number of allylic oxidation sites excluding steroid dienone is 3. The number of ether oxygens (including phenoxy) is 1. The van der Waals surface area contributed by atoms with Gasteiger partial charge >= 0.3 is 35.3 Å². The second-order valence-corrected chi connectivity index (χ2v) is 13.8. The standard InChI is InChI=1S/C40H44N4O5.Mg/c1-10-24-20(5)27-16-29-22(7)26(12-13-33(45)47-15-14-19(3)4)37(43-29)35-36(40-48-49(40)9)39(46)34-23(8)30(44-38(34)35)18-32-25(11-2)21(6)28(42-32)17-31(24)41-27;/h10,14,16-18,22,26,36,40H,1,11-13,15H2,2-9H3,(H-,43,44,46);/q-2;+2/p-1/b28-17-,29-16-,32-18-;/t22-,26-,36+,40?;/m0./s1. The van der Waals surface area contributed by atoms with Crippen LogP contribution in [0.5, 0.6) is 0 Å². The number of rotatable bonds is 8. The van der Waals surface area contributed by atoms with Gasteiger partial charge in [-0.15, -0.1) is 33.5 Å². The summed E-state index contributed by atoms with van der Waals surface area (Å²) in [5.74, 6) is -1.14. The molecule has 0 saturated carbocycles. The van der Waals surface area contributed by atoms with Crippen LogP contribution in [0.2, 0.25) is 0 Å². The number of hydrogen-bond acceptors (Lipinski definition) is 4. The Morgan fingerprint density at radius 2 is 1.72 bits per heavy atom. The fourth-order valence-corrected chi connectivity index (χ4v) is 7.62. The molecule has 8 bridgehead atoms. The Kier molecular flexibility index (Phi) is 9.86. The summed E-state index contributed by atoms with van der Waals surface area (Å²) in [5, 5.41) is 6.99. The Morgan fingerprint density at radius 1 is 1.02 bits per heavy atom. The van der Waals surface area contributed by atoms with Crippen LogP contribution in [0.4, 0.5) is 0 Å². The quantitative estimate of drug-likeness (QED) is 0.0798. The van der Waals surface area contributed by atoms with Gasteiger partial charge < -0.3 is 25.0 Å². The van der Waals surface area contributed by atoms with Gasteiger partial charge in [0.15, 0.2) is 18.8 Å². The molecule has 256 valence electrons. The molecule has 50 heavy (non-hydrogen) atoms. The van der Waals surface area contributed by atoms with Gasteiger partial charge in [0.05, 0.1) is 0 Å². The number of carbonyl (C=O) groups excluding carboxylic acids is 2. The summed E-state index contributed by atoms with van der Waals surface area (Å²) in [6.07, 6.45) is 10.9. The molecule has 2 saturated heterocycles. The fraction of sp³-hybridized carbons (Fsp3) is 0.400. The van der Waals surface area contributed by atoms with E-state index >= 15 is 0 Å². The number of esters is 1. The second kappa shape index (κ2) is 13.7. The van der Waals surface area contributed by atoms with Crippen LogP contribution in [0.25, 0.3) is 35.2 Å². The number of carbonyl (C=O) groups is 2. The van der Waals surface area contributed by atoms with E-state index in [0.717, 1.165) is 84.6 Å². The maximum Gasteiger partial charge on any atom is 2.00 e. The first-order valence-corrected chi connectivity index (χ1v) is 17.1. The van der Waals surface area contributed by atoms with Crippen LogP contribution < -0.4 is 25.7 Å². The van der Waals surface area contributed by atoms with Crippen LogP contribution in [0, 0.1) is 38.5 Å². The van der Waals surface area contributed by atoms with Crippen molar-refractivity contribution in [3.63, 3.8) is 0 Å². The van der Waals surface area contributed by atoms with Crippen LogP contribution in [0.15, 0.2) is 29.6 Å². The molecule has 4 aliphatic rings. The second-order valence-electron chi connectivity index (χ2n) is 13.8. The summed E-state index contributed by atoms with van der Waals surface area (Å²) in [6, 6.07) is 0. The van der Waals surface area contributed by atoms with E-state index in [2.05, 4.69) is 38.8 Å². The van der Waals surface area contributed by atoms with Crippen molar-refractivity contribution in [1.29, 1.82) is 0 Å². The van der Waals surface area contributed by atoms with E-state index in [9.17, 15) is 9.59 Å². The Morgan fingerprint density at radius 3 is 2.38 bits per heavy atom. The third-order valence-electron chi connectivity index (χ3n) is 10.6. The van der Waals surface area contributed by atoms with E-state index in [0.29, 0.717) is 17.7 Å². The summed E-state index contributed by atoms with van der Waals surface area (Å²) in [7, 11) is 1.75. The van der Waals surface area contributed by atoms with Crippen molar-refractivity contribution >= 4 is 64.7 Å². The molecule has 3 aliphatic heterocycles. The van der Waals surface area contributed by atoms with Gasteiger partial charge in [0.1, 0.15) is 6.61 Å². The van der Waals surface area contributed by atoms with Crippen LogP contribution in [0.1, 0.15) is 101 Å². The van der Waals surface area contributed by atoms with Crippen molar-refractivity contribution in [2.24, 2.45) is 17.8 Å². The third-order valence-corrected chi connectivity index (χ3v) is 10.6. The van der Waals surface area contributed by atoms with Crippen molar-refractivity contribution in [2.75, 3.05) is 13.7 Å². The molecule has 6 heterocycles. The van der Waals surface area contributed by atoms with Crippen LogP contribution in [0.3, 0.4) is 0 Å². The van der Waals surface area contributed by atoms with E-state index in [1.807, 2.05) is 51.2 Å². The smallest absolute Gasteiger partial charge is 0.664 e. The molecule has 1 aliphatic carbocycles. The fourth-order valence-electron chi connectivity index (χ4n) is 7.62. The van der Waals surface area contributed by atoms with Crippen molar-refractivity contribution in [2.45, 2.75) is 74.0 Å². The molecule has 0 aromatic carbocycles. The molecule has 7 rings (SSSR count). The van der Waals surface area contributed by atoms with Gasteiger partial charge in [-0.05, 0) is 75.8 Å². The molecule has 2 fully saturated rings. The van der Waals surface area contributed by atoms with Gasteiger partial charge in [0.25, 0.3) is 0 Å². The third kappa shape index (κ3) is 5.99. The Balaban J connectivity index is 0.00000432. The number of aromatic nitrogens is 3. The van der Waals surface area contributed by atoms with Crippen LogP contribution in [-0.4, -0.2) is 54.8 Å². The summed E-state index contributed by atoms with van der Waals surface area (Å²) in [6.45, 7) is 18.7. The van der Waals surface area contributed by atoms with Crippen LogP contribution in [-0.2, 0) is 25.4 Å². The first kappa shape index (κ1) is 36.0. The Hall–Kier alpha value is -3.83. The number of ketones is 1. The molecule has 0 N–H and O–H groups in total. The van der Waals surface area contributed by atoms with Crippen molar-refractivity contribution < 1.29 is 23.7 Å². The van der Waals surface area contributed by atoms with Crippen LogP contribution >= 0.6 is 0 Å². The zero-order valence-electron chi connectivity index (χ0n) is 30.3. The minimum Gasteiger partial charge on any atom is -0.664 e. The summed E-state index contributed by atoms with van der Waals surface area (Å²) >= 11 is 0. The van der Waals surface area contributed by atoms with E-state index < -0.39 is 12.2 Å². The molecule has 3 aromatic rings. The number of fused-ring (bicyclic) bond motifs is 7. The largest absolute Gasteiger partial charge is 2.00 e. The molecular formula is C40H43MgN4O5-. The predicted molar refractivity (Wildman–Crippen MR) is 195 cm³/mol. The average Bonchev–Trinajstić information content (AvgIpc) is 3.29. The molecule has 1 unspecified atom stereocenters.